The average Bonchev–Trinajstić information content (AvgIpc) is 2.45. The third-order valence-corrected chi connectivity index (χ3v) is 3.75. The Morgan fingerprint density at radius 2 is 1.90 bits per heavy atom. The Balaban J connectivity index is 1.99. The van der Waals surface area contributed by atoms with Crippen molar-refractivity contribution < 1.29 is 9.72 Å². The zero-order valence-corrected chi connectivity index (χ0v) is 11.7. The maximum atomic E-state index is 12.0. The molecule has 2 rings (SSSR count). The van der Waals surface area contributed by atoms with Crippen molar-refractivity contribution in [2.24, 2.45) is 0 Å². The summed E-state index contributed by atoms with van der Waals surface area (Å²) in [6, 6.07) is 13.6. The molecule has 2 aromatic carbocycles. The maximum absolute atomic E-state index is 12.0. The van der Waals surface area contributed by atoms with E-state index in [0.717, 1.165) is 10.5 Å². The summed E-state index contributed by atoms with van der Waals surface area (Å²) < 4.78 is 0. The van der Waals surface area contributed by atoms with Gasteiger partial charge in [-0.05, 0) is 31.2 Å². The first-order valence-electron chi connectivity index (χ1n) is 6.03. The van der Waals surface area contributed by atoms with Gasteiger partial charge < -0.3 is 0 Å². The molecule has 4 nitrogen and oxygen atoms in total. The van der Waals surface area contributed by atoms with Crippen LogP contribution in [0.3, 0.4) is 0 Å². The SMILES string of the molecule is Cc1cccc(SCC(=O)c2ccc([N+](=O)[O-])cc2)c1. The molecule has 0 atom stereocenters. The number of non-ortho nitro benzene ring substituents is 1. The minimum atomic E-state index is -0.476. The van der Waals surface area contributed by atoms with E-state index in [4.69, 9.17) is 0 Å². The molecule has 0 saturated carbocycles. The topological polar surface area (TPSA) is 60.2 Å². The van der Waals surface area contributed by atoms with Crippen molar-refractivity contribution in [3.63, 3.8) is 0 Å². The fourth-order valence-corrected chi connectivity index (χ4v) is 2.61. The number of rotatable bonds is 5. The number of hydrogen-bond acceptors (Lipinski definition) is 4. The number of hydrogen-bond donors (Lipinski definition) is 0. The number of carbonyl (C=O) groups is 1. The smallest absolute Gasteiger partial charge is 0.269 e. The average molecular weight is 287 g/mol. The zero-order chi connectivity index (χ0) is 14.5. The number of benzene rings is 2. The fourth-order valence-electron chi connectivity index (χ4n) is 1.71. The van der Waals surface area contributed by atoms with Crippen molar-refractivity contribution in [2.45, 2.75) is 11.8 Å². The molecule has 0 aliphatic rings. The highest BCUT2D eigenvalue weighted by atomic mass is 32.2. The van der Waals surface area contributed by atoms with Gasteiger partial charge in [0.15, 0.2) is 5.78 Å². The van der Waals surface area contributed by atoms with Crippen LogP contribution in [0.15, 0.2) is 53.4 Å². The van der Waals surface area contributed by atoms with Gasteiger partial charge in [-0.3, -0.25) is 14.9 Å². The molecule has 0 unspecified atom stereocenters. The molecule has 0 aliphatic carbocycles. The van der Waals surface area contributed by atoms with E-state index >= 15 is 0 Å². The summed E-state index contributed by atoms with van der Waals surface area (Å²) in [6.45, 7) is 2.00. The molecule has 5 heteroatoms. The van der Waals surface area contributed by atoms with Gasteiger partial charge in [0.2, 0.25) is 0 Å². The van der Waals surface area contributed by atoms with E-state index in [1.807, 2.05) is 31.2 Å². The molecule has 0 heterocycles. The highest BCUT2D eigenvalue weighted by Crippen LogP contribution is 2.21. The van der Waals surface area contributed by atoms with Crippen LogP contribution in [0.2, 0.25) is 0 Å². The summed E-state index contributed by atoms with van der Waals surface area (Å²) in [7, 11) is 0. The second-order valence-electron chi connectivity index (χ2n) is 4.33. The Bertz CT molecular complexity index is 638. The van der Waals surface area contributed by atoms with Gasteiger partial charge >= 0.3 is 0 Å². The van der Waals surface area contributed by atoms with E-state index in [2.05, 4.69) is 0 Å². The third kappa shape index (κ3) is 3.68. The lowest BCUT2D eigenvalue weighted by Gasteiger charge is -2.02. The molecular formula is C15H13NO3S. The maximum Gasteiger partial charge on any atom is 0.269 e. The van der Waals surface area contributed by atoms with Gasteiger partial charge in [0.05, 0.1) is 10.7 Å². The number of aryl methyl sites for hydroxylation is 1. The lowest BCUT2D eigenvalue weighted by Crippen LogP contribution is -2.02. The van der Waals surface area contributed by atoms with E-state index in [-0.39, 0.29) is 11.5 Å². The van der Waals surface area contributed by atoms with Crippen molar-refractivity contribution in [2.75, 3.05) is 5.75 Å². The van der Waals surface area contributed by atoms with E-state index in [9.17, 15) is 14.9 Å². The number of nitrogens with zero attached hydrogens (tertiary/aromatic N) is 1. The van der Waals surface area contributed by atoms with Crippen LogP contribution in [-0.4, -0.2) is 16.5 Å². The van der Waals surface area contributed by atoms with Crippen molar-refractivity contribution in [1.29, 1.82) is 0 Å². The molecular weight excluding hydrogens is 274 g/mol. The zero-order valence-electron chi connectivity index (χ0n) is 10.9. The quantitative estimate of drug-likeness (QED) is 0.362. The van der Waals surface area contributed by atoms with Gasteiger partial charge in [-0.2, -0.15) is 0 Å². The standard InChI is InChI=1S/C15H13NO3S/c1-11-3-2-4-14(9-11)20-10-15(17)12-5-7-13(8-6-12)16(18)19/h2-9H,10H2,1H3. The van der Waals surface area contributed by atoms with Crippen LogP contribution in [0.1, 0.15) is 15.9 Å². The molecule has 0 radical (unpaired) electrons. The first-order valence-corrected chi connectivity index (χ1v) is 7.02. The lowest BCUT2D eigenvalue weighted by molar-refractivity contribution is -0.384. The summed E-state index contributed by atoms with van der Waals surface area (Å²) in [5.74, 6) is 0.285. The Kier molecular flexibility index (Phi) is 4.53. The third-order valence-electron chi connectivity index (χ3n) is 2.76. The first kappa shape index (κ1) is 14.3. The van der Waals surface area contributed by atoms with E-state index in [1.54, 1.807) is 0 Å². The second-order valence-corrected chi connectivity index (χ2v) is 5.38. The van der Waals surface area contributed by atoms with Crippen LogP contribution >= 0.6 is 11.8 Å². The largest absolute Gasteiger partial charge is 0.293 e. The van der Waals surface area contributed by atoms with Crippen LogP contribution in [0, 0.1) is 17.0 Å². The monoisotopic (exact) mass is 287 g/mol. The second kappa shape index (κ2) is 6.34. The fraction of sp³-hybridized carbons (Fsp3) is 0.133. The van der Waals surface area contributed by atoms with Gasteiger partial charge in [0, 0.05) is 22.6 Å². The molecule has 0 N–H and O–H groups in total. The van der Waals surface area contributed by atoms with E-state index in [0.29, 0.717) is 11.3 Å². The van der Waals surface area contributed by atoms with Crippen LogP contribution in [0.4, 0.5) is 5.69 Å². The van der Waals surface area contributed by atoms with E-state index in [1.165, 1.54) is 36.0 Å². The number of nitro groups is 1. The molecule has 0 fully saturated rings. The summed E-state index contributed by atoms with van der Waals surface area (Å²) in [5.41, 5.74) is 1.64. The van der Waals surface area contributed by atoms with Crippen molar-refractivity contribution in [3.05, 3.63) is 69.8 Å². The van der Waals surface area contributed by atoms with Gasteiger partial charge in [-0.25, -0.2) is 0 Å². The summed E-state index contributed by atoms with van der Waals surface area (Å²) in [5, 5.41) is 10.5. The molecule has 2 aromatic rings. The predicted octanol–water partition coefficient (Wildman–Crippen LogP) is 3.88. The predicted molar refractivity (Wildman–Crippen MR) is 79.3 cm³/mol. The Labute approximate surface area is 121 Å². The number of Topliss-reactive ketones (excluding diaryl/α,β-unsaturated/α-hetero) is 1. The molecule has 0 aliphatic heterocycles. The lowest BCUT2D eigenvalue weighted by atomic mass is 10.1. The summed E-state index contributed by atoms with van der Waals surface area (Å²) in [4.78, 5) is 23.1. The van der Waals surface area contributed by atoms with E-state index < -0.39 is 4.92 Å². The molecule has 20 heavy (non-hydrogen) atoms. The highest BCUT2D eigenvalue weighted by molar-refractivity contribution is 8.00. The number of nitro benzene ring substituents is 1. The van der Waals surface area contributed by atoms with Crippen molar-refractivity contribution >= 4 is 23.2 Å². The van der Waals surface area contributed by atoms with Crippen molar-refractivity contribution in [1.82, 2.24) is 0 Å². The molecule has 0 aromatic heterocycles. The van der Waals surface area contributed by atoms with Gasteiger partial charge in [-0.15, -0.1) is 11.8 Å². The molecule has 0 bridgehead atoms. The molecule has 102 valence electrons. The minimum absolute atomic E-state index is 0.00659. The minimum Gasteiger partial charge on any atom is -0.293 e. The Morgan fingerprint density at radius 1 is 1.20 bits per heavy atom. The summed E-state index contributed by atoms with van der Waals surface area (Å²) >= 11 is 1.46. The van der Waals surface area contributed by atoms with Crippen LogP contribution in [-0.2, 0) is 0 Å². The Hall–Kier alpha value is -2.14. The van der Waals surface area contributed by atoms with Gasteiger partial charge in [-0.1, -0.05) is 17.7 Å². The number of carbonyl (C=O) groups excluding carboxylic acids is 1. The molecule has 0 saturated heterocycles. The van der Waals surface area contributed by atoms with Gasteiger partial charge in [0.1, 0.15) is 0 Å². The molecule has 0 amide bonds. The first-order chi connectivity index (χ1) is 9.56. The van der Waals surface area contributed by atoms with Crippen LogP contribution in [0.25, 0.3) is 0 Å². The Morgan fingerprint density at radius 3 is 2.50 bits per heavy atom. The normalized spacial score (nSPS) is 10.2. The van der Waals surface area contributed by atoms with Crippen LogP contribution in [0.5, 0.6) is 0 Å². The number of ketones is 1. The summed E-state index contributed by atoms with van der Waals surface area (Å²) in [6.07, 6.45) is 0. The van der Waals surface area contributed by atoms with Crippen molar-refractivity contribution in [3.8, 4) is 0 Å². The van der Waals surface area contributed by atoms with Crippen LogP contribution < -0.4 is 0 Å². The number of thioether (sulfide) groups is 1. The van der Waals surface area contributed by atoms with Gasteiger partial charge in [0.25, 0.3) is 5.69 Å². The highest BCUT2D eigenvalue weighted by Gasteiger charge is 2.10. The molecule has 0 spiro atoms.